The molecule has 116 valence electrons. The Kier molecular flexibility index (Phi) is 4.04. The average molecular weight is 302 g/mol. The van der Waals surface area contributed by atoms with Crippen molar-refractivity contribution in [3.05, 3.63) is 46.2 Å². The van der Waals surface area contributed by atoms with E-state index in [9.17, 15) is 9.59 Å². The Morgan fingerprint density at radius 2 is 2.09 bits per heavy atom. The maximum Gasteiger partial charge on any atom is 0.292 e. The van der Waals surface area contributed by atoms with Crippen molar-refractivity contribution in [1.82, 2.24) is 19.8 Å². The number of carbonyl (C=O) groups is 1. The smallest absolute Gasteiger partial charge is 0.292 e. The standard InChI is InChI=1S/C15H18N4O3/c1-11-2-3-14(20)19(17-11)10-12-5-8-18(9-6-12)15(21)13-4-7-16-22-13/h2-4,7,12H,5-6,8-10H2,1H3. The molecule has 7 heteroatoms. The van der Waals surface area contributed by atoms with Gasteiger partial charge in [-0.3, -0.25) is 9.59 Å². The summed E-state index contributed by atoms with van der Waals surface area (Å²) in [6, 6.07) is 4.84. The third-order valence-electron chi connectivity index (χ3n) is 3.98. The molecular formula is C15H18N4O3. The first-order valence-electron chi connectivity index (χ1n) is 7.38. The number of amides is 1. The van der Waals surface area contributed by atoms with Gasteiger partial charge in [0.05, 0.1) is 11.9 Å². The van der Waals surface area contributed by atoms with E-state index < -0.39 is 0 Å². The maximum atomic E-state index is 12.1. The Morgan fingerprint density at radius 3 is 2.77 bits per heavy atom. The molecule has 0 aromatic carbocycles. The van der Waals surface area contributed by atoms with Crippen molar-refractivity contribution < 1.29 is 9.32 Å². The van der Waals surface area contributed by atoms with Gasteiger partial charge in [-0.15, -0.1) is 0 Å². The maximum absolute atomic E-state index is 12.1. The van der Waals surface area contributed by atoms with Crippen LogP contribution in [0.25, 0.3) is 0 Å². The molecule has 2 aromatic rings. The second-order valence-corrected chi connectivity index (χ2v) is 5.61. The third kappa shape index (κ3) is 3.08. The highest BCUT2D eigenvalue weighted by Crippen LogP contribution is 2.20. The van der Waals surface area contributed by atoms with Gasteiger partial charge < -0.3 is 9.42 Å². The normalized spacial score (nSPS) is 16.0. The second kappa shape index (κ2) is 6.13. The minimum absolute atomic E-state index is 0.0780. The fraction of sp³-hybridized carbons (Fsp3) is 0.467. The minimum Gasteiger partial charge on any atom is -0.351 e. The van der Waals surface area contributed by atoms with Gasteiger partial charge >= 0.3 is 0 Å². The van der Waals surface area contributed by atoms with Crippen LogP contribution in [-0.2, 0) is 6.54 Å². The predicted octanol–water partition coefficient (Wildman–Crippen LogP) is 1.09. The molecule has 0 bridgehead atoms. The first kappa shape index (κ1) is 14.5. The number of carbonyl (C=O) groups excluding carboxylic acids is 1. The first-order valence-corrected chi connectivity index (χ1v) is 7.38. The molecule has 1 fully saturated rings. The van der Waals surface area contributed by atoms with Gasteiger partial charge in [0.25, 0.3) is 11.5 Å². The van der Waals surface area contributed by atoms with E-state index in [0.717, 1.165) is 18.5 Å². The summed E-state index contributed by atoms with van der Waals surface area (Å²) in [6.07, 6.45) is 3.17. The molecule has 7 nitrogen and oxygen atoms in total. The van der Waals surface area contributed by atoms with Crippen molar-refractivity contribution >= 4 is 5.91 Å². The van der Waals surface area contributed by atoms with E-state index in [4.69, 9.17) is 4.52 Å². The van der Waals surface area contributed by atoms with Gasteiger partial charge in [0.2, 0.25) is 5.76 Å². The zero-order chi connectivity index (χ0) is 15.5. The molecule has 3 heterocycles. The predicted molar refractivity (Wildman–Crippen MR) is 78.4 cm³/mol. The molecule has 0 saturated carbocycles. The Bertz CT molecular complexity index is 700. The quantitative estimate of drug-likeness (QED) is 0.848. The molecule has 1 aliphatic rings. The van der Waals surface area contributed by atoms with Crippen molar-refractivity contribution in [2.75, 3.05) is 13.1 Å². The Hall–Kier alpha value is -2.44. The fourth-order valence-electron chi connectivity index (χ4n) is 2.73. The molecule has 0 unspecified atom stereocenters. The molecule has 0 atom stereocenters. The molecule has 2 aromatic heterocycles. The minimum atomic E-state index is -0.123. The number of piperidine rings is 1. The van der Waals surface area contributed by atoms with Crippen LogP contribution < -0.4 is 5.56 Å². The average Bonchev–Trinajstić information content (AvgIpc) is 3.05. The lowest BCUT2D eigenvalue weighted by Crippen LogP contribution is -2.40. The summed E-state index contributed by atoms with van der Waals surface area (Å²) < 4.78 is 6.43. The molecule has 1 saturated heterocycles. The Labute approximate surface area is 127 Å². The second-order valence-electron chi connectivity index (χ2n) is 5.61. The van der Waals surface area contributed by atoms with Crippen LogP contribution in [0.5, 0.6) is 0 Å². The number of aryl methyl sites for hydroxylation is 1. The van der Waals surface area contributed by atoms with E-state index >= 15 is 0 Å². The van der Waals surface area contributed by atoms with Crippen LogP contribution in [0.2, 0.25) is 0 Å². The summed E-state index contributed by atoms with van der Waals surface area (Å²) in [7, 11) is 0. The zero-order valence-corrected chi connectivity index (χ0v) is 12.4. The summed E-state index contributed by atoms with van der Waals surface area (Å²) in [4.78, 5) is 25.7. The van der Waals surface area contributed by atoms with Crippen LogP contribution in [0.4, 0.5) is 0 Å². The van der Waals surface area contributed by atoms with Crippen molar-refractivity contribution in [2.45, 2.75) is 26.3 Å². The highest BCUT2D eigenvalue weighted by atomic mass is 16.5. The largest absolute Gasteiger partial charge is 0.351 e. The molecular weight excluding hydrogens is 284 g/mol. The van der Waals surface area contributed by atoms with E-state index in [1.807, 2.05) is 6.92 Å². The van der Waals surface area contributed by atoms with Gasteiger partial charge in [0.15, 0.2) is 0 Å². The highest BCUT2D eigenvalue weighted by molar-refractivity contribution is 5.91. The van der Waals surface area contributed by atoms with E-state index in [0.29, 0.717) is 25.6 Å². The molecule has 3 rings (SSSR count). The topological polar surface area (TPSA) is 81.2 Å². The Morgan fingerprint density at radius 1 is 1.32 bits per heavy atom. The van der Waals surface area contributed by atoms with Crippen LogP contribution in [-0.4, -0.2) is 38.8 Å². The summed E-state index contributed by atoms with van der Waals surface area (Å²) in [5.41, 5.74) is 0.753. The number of likely N-dealkylation sites (tertiary alicyclic amines) is 1. The van der Waals surface area contributed by atoms with E-state index in [1.165, 1.54) is 10.9 Å². The van der Waals surface area contributed by atoms with Crippen LogP contribution in [0.1, 0.15) is 29.1 Å². The molecule has 1 aliphatic heterocycles. The molecule has 0 radical (unpaired) electrons. The van der Waals surface area contributed by atoms with Gasteiger partial charge in [-0.25, -0.2) is 4.68 Å². The molecule has 0 spiro atoms. The van der Waals surface area contributed by atoms with E-state index in [-0.39, 0.29) is 17.2 Å². The lowest BCUT2D eigenvalue weighted by Gasteiger charge is -2.31. The zero-order valence-electron chi connectivity index (χ0n) is 12.4. The van der Waals surface area contributed by atoms with Gasteiger partial charge in [-0.1, -0.05) is 5.16 Å². The van der Waals surface area contributed by atoms with E-state index in [1.54, 1.807) is 23.1 Å². The monoisotopic (exact) mass is 302 g/mol. The Balaban J connectivity index is 1.59. The highest BCUT2D eigenvalue weighted by Gasteiger charge is 2.25. The van der Waals surface area contributed by atoms with Gasteiger partial charge in [0, 0.05) is 31.8 Å². The summed E-state index contributed by atoms with van der Waals surface area (Å²) >= 11 is 0. The van der Waals surface area contributed by atoms with Gasteiger partial charge in [0.1, 0.15) is 0 Å². The lowest BCUT2D eigenvalue weighted by atomic mass is 9.96. The van der Waals surface area contributed by atoms with Crippen molar-refractivity contribution in [1.29, 1.82) is 0 Å². The van der Waals surface area contributed by atoms with Crippen LogP contribution >= 0.6 is 0 Å². The van der Waals surface area contributed by atoms with E-state index in [2.05, 4.69) is 10.3 Å². The summed E-state index contributed by atoms with van der Waals surface area (Å²) in [5, 5.41) is 7.82. The fourth-order valence-corrected chi connectivity index (χ4v) is 2.73. The summed E-state index contributed by atoms with van der Waals surface area (Å²) in [6.45, 7) is 3.79. The number of hydrogen-bond acceptors (Lipinski definition) is 5. The van der Waals surface area contributed by atoms with Crippen LogP contribution in [0.15, 0.2) is 33.7 Å². The summed E-state index contributed by atoms with van der Waals surface area (Å²) in [5.74, 6) is 0.502. The number of hydrogen-bond donors (Lipinski definition) is 0. The van der Waals surface area contributed by atoms with Gasteiger partial charge in [-0.05, 0) is 31.7 Å². The number of aromatic nitrogens is 3. The molecule has 0 N–H and O–H groups in total. The van der Waals surface area contributed by atoms with Crippen molar-refractivity contribution in [3.63, 3.8) is 0 Å². The lowest BCUT2D eigenvalue weighted by molar-refractivity contribution is 0.0639. The molecule has 1 amide bonds. The third-order valence-corrected chi connectivity index (χ3v) is 3.98. The van der Waals surface area contributed by atoms with Crippen molar-refractivity contribution in [2.24, 2.45) is 5.92 Å². The number of nitrogens with zero attached hydrogens (tertiary/aromatic N) is 4. The van der Waals surface area contributed by atoms with Crippen molar-refractivity contribution in [3.8, 4) is 0 Å². The number of rotatable bonds is 3. The first-order chi connectivity index (χ1) is 10.6. The van der Waals surface area contributed by atoms with Gasteiger partial charge in [-0.2, -0.15) is 5.10 Å². The molecule has 0 aliphatic carbocycles. The van der Waals surface area contributed by atoms with Crippen LogP contribution in [0.3, 0.4) is 0 Å². The molecule has 22 heavy (non-hydrogen) atoms. The van der Waals surface area contributed by atoms with Crippen LogP contribution in [0, 0.1) is 12.8 Å². The SMILES string of the molecule is Cc1ccc(=O)n(CC2CCN(C(=O)c3ccno3)CC2)n1.